The Labute approximate surface area is 142 Å². The Balaban J connectivity index is 1.90. The van der Waals surface area contributed by atoms with Crippen molar-refractivity contribution in [1.29, 1.82) is 0 Å². The quantitative estimate of drug-likeness (QED) is 0.794. The van der Waals surface area contributed by atoms with Crippen LogP contribution in [0.1, 0.15) is 21.6 Å². The molecule has 6 heteroatoms. The maximum absolute atomic E-state index is 12.7. The molecule has 0 saturated heterocycles. The summed E-state index contributed by atoms with van der Waals surface area (Å²) in [6, 6.07) is 16.2. The average Bonchev–Trinajstić information content (AvgIpc) is 3.18. The van der Waals surface area contributed by atoms with Gasteiger partial charge in [-0.2, -0.15) is 0 Å². The van der Waals surface area contributed by atoms with Crippen LogP contribution in [0.2, 0.25) is 0 Å². The number of rotatable bonds is 3. The number of allylic oxidation sites excluding steroid dienone is 1. The molecule has 1 aliphatic rings. The lowest BCUT2D eigenvalue weighted by atomic mass is 10.0. The van der Waals surface area contributed by atoms with Crippen LogP contribution in [-0.4, -0.2) is 22.0 Å². The molecule has 1 aliphatic heterocycles. The van der Waals surface area contributed by atoms with Crippen molar-refractivity contribution in [3.63, 3.8) is 0 Å². The fourth-order valence-electron chi connectivity index (χ4n) is 2.81. The van der Waals surface area contributed by atoms with Gasteiger partial charge in [0.1, 0.15) is 0 Å². The molecule has 2 heterocycles. The lowest BCUT2D eigenvalue weighted by Crippen LogP contribution is -2.24. The minimum atomic E-state index is -1.44. The lowest BCUT2D eigenvalue weighted by molar-refractivity contribution is -0.255. The predicted octanol–water partition coefficient (Wildman–Crippen LogP) is 1.79. The zero-order valence-electron chi connectivity index (χ0n) is 13.0. The number of hydrogen-bond acceptors (Lipinski definition) is 4. The molecule has 0 amide bonds. The van der Waals surface area contributed by atoms with Gasteiger partial charge in [0.25, 0.3) is 5.56 Å². The Bertz CT molecular complexity index is 1090. The number of nitrogens with zero attached hydrogens (tertiary/aromatic N) is 2. The number of carboxylic acid groups (broad SMARTS) is 1. The molecule has 1 N–H and O–H groups in total. The molecular formula is C19H12N3O3-. The monoisotopic (exact) mass is 330 g/mol. The number of fused-ring (bicyclic) bond motifs is 1. The van der Waals surface area contributed by atoms with E-state index in [2.05, 4.69) is 10.1 Å². The molecular weight excluding hydrogens is 318 g/mol. The van der Waals surface area contributed by atoms with Crippen LogP contribution >= 0.6 is 0 Å². The first-order chi connectivity index (χ1) is 12.1. The molecule has 0 aliphatic carbocycles. The van der Waals surface area contributed by atoms with Crippen molar-refractivity contribution in [3.05, 3.63) is 81.8 Å². The van der Waals surface area contributed by atoms with Gasteiger partial charge in [-0.05, 0) is 24.3 Å². The SMILES string of the molecule is O=C([O-])c1[nH]n(-c2ccccc2)c(=O)c1C=C1C=Nc2ccccc21. The van der Waals surface area contributed by atoms with E-state index in [1.165, 1.54) is 10.8 Å². The van der Waals surface area contributed by atoms with Gasteiger partial charge in [0.2, 0.25) is 0 Å². The van der Waals surface area contributed by atoms with Gasteiger partial charge in [-0.3, -0.25) is 14.9 Å². The summed E-state index contributed by atoms with van der Waals surface area (Å²) in [7, 11) is 0. The fraction of sp³-hybridized carbons (Fsp3) is 0. The third kappa shape index (κ3) is 2.49. The molecule has 4 rings (SSSR count). The summed E-state index contributed by atoms with van der Waals surface area (Å²) in [5.41, 5.74) is 2.15. The van der Waals surface area contributed by atoms with Crippen molar-refractivity contribution in [1.82, 2.24) is 9.78 Å². The highest BCUT2D eigenvalue weighted by molar-refractivity contribution is 6.21. The van der Waals surface area contributed by atoms with Crippen molar-refractivity contribution in [2.45, 2.75) is 0 Å². The topological polar surface area (TPSA) is 90.3 Å². The van der Waals surface area contributed by atoms with Gasteiger partial charge in [-0.25, -0.2) is 4.68 Å². The van der Waals surface area contributed by atoms with E-state index in [-0.39, 0.29) is 11.3 Å². The normalized spacial score (nSPS) is 14.0. The lowest BCUT2D eigenvalue weighted by Gasteiger charge is -2.02. The Hall–Kier alpha value is -3.67. The molecule has 25 heavy (non-hydrogen) atoms. The first kappa shape index (κ1) is 14.9. The van der Waals surface area contributed by atoms with Crippen LogP contribution in [0.15, 0.2) is 64.4 Å². The summed E-state index contributed by atoms with van der Waals surface area (Å²) in [6.07, 6.45) is 3.14. The largest absolute Gasteiger partial charge is 0.543 e. The van der Waals surface area contributed by atoms with Gasteiger partial charge in [-0.15, -0.1) is 0 Å². The number of benzene rings is 2. The van der Waals surface area contributed by atoms with Gasteiger partial charge in [0, 0.05) is 17.4 Å². The van der Waals surface area contributed by atoms with E-state index in [0.717, 1.165) is 11.3 Å². The van der Waals surface area contributed by atoms with Crippen molar-refractivity contribution >= 4 is 29.5 Å². The molecule has 0 atom stereocenters. The van der Waals surface area contributed by atoms with E-state index in [0.29, 0.717) is 11.3 Å². The van der Waals surface area contributed by atoms with Crippen molar-refractivity contribution < 1.29 is 9.90 Å². The second kappa shape index (κ2) is 5.76. The molecule has 3 aromatic rings. The Kier molecular flexibility index (Phi) is 3.43. The van der Waals surface area contributed by atoms with Crippen molar-refractivity contribution in [2.24, 2.45) is 4.99 Å². The molecule has 0 radical (unpaired) electrons. The standard InChI is InChI=1S/C19H13N3O3/c23-18-15(10-12-11-20-16-9-5-4-8-14(12)16)17(19(24)25)21-22(18)13-6-2-1-3-7-13/h1-11,21H,(H,24,25)/p-1. The number of aromatic amines is 1. The molecule has 0 fully saturated rings. The molecule has 6 nitrogen and oxygen atoms in total. The summed E-state index contributed by atoms with van der Waals surface area (Å²) in [5.74, 6) is -1.44. The molecule has 0 spiro atoms. The molecule has 0 saturated carbocycles. The fourth-order valence-corrected chi connectivity index (χ4v) is 2.81. The van der Waals surface area contributed by atoms with Gasteiger partial charge in [0.05, 0.1) is 28.6 Å². The summed E-state index contributed by atoms with van der Waals surface area (Å²) >= 11 is 0. The van der Waals surface area contributed by atoms with E-state index in [1.54, 1.807) is 30.5 Å². The van der Waals surface area contributed by atoms with Gasteiger partial charge >= 0.3 is 0 Å². The summed E-state index contributed by atoms with van der Waals surface area (Å²) in [4.78, 5) is 28.5. The number of hydrogen-bond donors (Lipinski definition) is 1. The number of carbonyl (C=O) groups is 1. The third-order valence-corrected chi connectivity index (χ3v) is 4.00. The second-order valence-corrected chi connectivity index (χ2v) is 5.54. The maximum Gasteiger partial charge on any atom is 0.279 e. The number of aromatic carboxylic acids is 1. The smallest absolute Gasteiger partial charge is 0.279 e. The molecule has 1 aromatic heterocycles. The summed E-state index contributed by atoms with van der Waals surface area (Å²) < 4.78 is 1.19. The van der Waals surface area contributed by atoms with Crippen LogP contribution in [0.25, 0.3) is 17.3 Å². The Morgan fingerprint density at radius 3 is 2.56 bits per heavy atom. The summed E-state index contributed by atoms with van der Waals surface area (Å²) in [5, 5.41) is 14.1. The van der Waals surface area contributed by atoms with E-state index in [1.807, 2.05) is 30.3 Å². The molecule has 0 unspecified atom stereocenters. The van der Waals surface area contributed by atoms with Crippen LogP contribution in [0.4, 0.5) is 5.69 Å². The van der Waals surface area contributed by atoms with Crippen LogP contribution in [0, 0.1) is 0 Å². The van der Waals surface area contributed by atoms with Crippen molar-refractivity contribution in [2.75, 3.05) is 0 Å². The predicted molar refractivity (Wildman–Crippen MR) is 93.2 cm³/mol. The van der Waals surface area contributed by atoms with Crippen LogP contribution in [-0.2, 0) is 0 Å². The van der Waals surface area contributed by atoms with Gasteiger partial charge in [0.15, 0.2) is 0 Å². The van der Waals surface area contributed by atoms with Crippen LogP contribution in [0.3, 0.4) is 0 Å². The van der Waals surface area contributed by atoms with E-state index in [9.17, 15) is 14.7 Å². The number of nitrogens with one attached hydrogen (secondary N) is 1. The highest BCUT2D eigenvalue weighted by Crippen LogP contribution is 2.32. The minimum absolute atomic E-state index is 0.0296. The van der Waals surface area contributed by atoms with Crippen LogP contribution < -0.4 is 10.7 Å². The average molecular weight is 330 g/mol. The number of para-hydroxylation sites is 2. The Morgan fingerprint density at radius 2 is 1.80 bits per heavy atom. The zero-order chi connectivity index (χ0) is 17.4. The van der Waals surface area contributed by atoms with Gasteiger partial charge in [-0.1, -0.05) is 36.4 Å². The van der Waals surface area contributed by atoms with Crippen molar-refractivity contribution in [3.8, 4) is 5.69 Å². The number of H-pyrrole nitrogens is 1. The van der Waals surface area contributed by atoms with E-state index >= 15 is 0 Å². The third-order valence-electron chi connectivity index (χ3n) is 4.00. The molecule has 0 bridgehead atoms. The highest BCUT2D eigenvalue weighted by atomic mass is 16.4. The van der Waals surface area contributed by atoms with Crippen LogP contribution in [0.5, 0.6) is 0 Å². The number of aromatic nitrogens is 2. The first-order valence-electron chi connectivity index (χ1n) is 7.62. The van der Waals surface area contributed by atoms with E-state index < -0.39 is 11.5 Å². The summed E-state index contributed by atoms with van der Waals surface area (Å²) in [6.45, 7) is 0. The maximum atomic E-state index is 12.7. The number of carbonyl (C=O) groups excluding carboxylic acids is 1. The minimum Gasteiger partial charge on any atom is -0.543 e. The first-order valence-corrected chi connectivity index (χ1v) is 7.62. The number of aliphatic imine (C=N–C) groups is 1. The molecule has 122 valence electrons. The van der Waals surface area contributed by atoms with E-state index in [4.69, 9.17) is 0 Å². The highest BCUT2D eigenvalue weighted by Gasteiger charge is 2.17. The number of carboxylic acids is 1. The zero-order valence-corrected chi connectivity index (χ0v) is 13.0. The second-order valence-electron chi connectivity index (χ2n) is 5.54. The Morgan fingerprint density at radius 1 is 1.08 bits per heavy atom. The molecule has 2 aromatic carbocycles. The van der Waals surface area contributed by atoms with Gasteiger partial charge < -0.3 is 9.90 Å².